The van der Waals surface area contributed by atoms with E-state index in [2.05, 4.69) is 11.6 Å². The number of para-hydroxylation sites is 3. The molecule has 0 saturated carbocycles. The first kappa shape index (κ1) is 24.1. The van der Waals surface area contributed by atoms with Crippen LogP contribution >= 0.6 is 0 Å². The molecule has 0 bridgehead atoms. The van der Waals surface area contributed by atoms with Crippen LogP contribution in [0.4, 0.5) is 14.5 Å². The summed E-state index contributed by atoms with van der Waals surface area (Å²) in [5.41, 5.74) is 0.948. The molecular weight excluding hydrogens is 476 g/mol. The van der Waals surface area contributed by atoms with Crippen molar-refractivity contribution in [3.63, 3.8) is 0 Å². The molecule has 3 aromatic carbocycles. The van der Waals surface area contributed by atoms with E-state index in [0.717, 1.165) is 4.31 Å². The number of fused-ring (bicyclic) bond motifs is 1. The molecule has 0 saturated heterocycles. The van der Waals surface area contributed by atoms with Gasteiger partial charge >= 0.3 is 12.5 Å². The van der Waals surface area contributed by atoms with Crippen molar-refractivity contribution in [2.45, 2.75) is 18.1 Å². The fourth-order valence-corrected chi connectivity index (χ4v) is 5.07. The molecule has 0 fully saturated rings. The average Bonchev–Trinajstić information content (AvgIpc) is 3.25. The largest absolute Gasteiger partial charge is 0.454 e. The predicted molar refractivity (Wildman–Crippen MR) is 128 cm³/mol. The van der Waals surface area contributed by atoms with Gasteiger partial charge in [0.05, 0.1) is 33.7 Å². The highest BCUT2D eigenvalue weighted by molar-refractivity contribution is 7.92. The lowest BCUT2D eigenvalue weighted by Gasteiger charge is -2.23. The lowest BCUT2D eigenvalue weighted by atomic mass is 10.2. The van der Waals surface area contributed by atoms with E-state index in [1.807, 2.05) is 0 Å². The van der Waals surface area contributed by atoms with E-state index in [0.29, 0.717) is 15.8 Å². The molecule has 4 aromatic rings. The van der Waals surface area contributed by atoms with E-state index in [1.165, 1.54) is 36.4 Å². The lowest BCUT2D eigenvalue weighted by molar-refractivity contribution is 0.0387. The van der Waals surface area contributed by atoms with E-state index in [1.54, 1.807) is 48.5 Å². The number of rotatable bonds is 9. The van der Waals surface area contributed by atoms with Crippen LogP contribution in [0.5, 0.6) is 0 Å². The Morgan fingerprint density at radius 2 is 1.77 bits per heavy atom. The molecule has 0 radical (unpaired) electrons. The Labute approximate surface area is 200 Å². The number of ether oxygens (including phenoxy) is 1. The van der Waals surface area contributed by atoms with Crippen molar-refractivity contribution >= 4 is 32.7 Å². The van der Waals surface area contributed by atoms with Crippen LogP contribution in [0, 0.1) is 0 Å². The molecule has 0 spiro atoms. The van der Waals surface area contributed by atoms with Crippen molar-refractivity contribution < 1.29 is 26.7 Å². The van der Waals surface area contributed by atoms with Gasteiger partial charge in [0, 0.05) is 0 Å². The van der Waals surface area contributed by atoms with Gasteiger partial charge in [0.15, 0.2) is 5.82 Å². The Bertz CT molecular complexity index is 1470. The van der Waals surface area contributed by atoms with Gasteiger partial charge in [-0.2, -0.15) is 8.78 Å². The molecule has 0 aliphatic heterocycles. The number of carbonyl (C=O) groups excluding carboxylic acids is 1. The summed E-state index contributed by atoms with van der Waals surface area (Å²) in [6.07, 6.45) is 1.46. The number of alkyl halides is 2. The normalized spacial score (nSPS) is 11.5. The summed E-state index contributed by atoms with van der Waals surface area (Å²) in [5, 5.41) is 0. The molecule has 35 heavy (non-hydrogen) atoms. The van der Waals surface area contributed by atoms with Crippen LogP contribution in [-0.4, -0.2) is 30.5 Å². The highest BCUT2D eigenvalue weighted by Gasteiger charge is 2.25. The van der Waals surface area contributed by atoms with Crippen molar-refractivity contribution in [2.24, 2.45) is 0 Å². The van der Waals surface area contributed by atoms with Gasteiger partial charge in [0.2, 0.25) is 0 Å². The lowest BCUT2D eigenvalue weighted by Crippen LogP contribution is -2.31. The number of sulfonamides is 1. The Morgan fingerprint density at radius 3 is 2.49 bits per heavy atom. The summed E-state index contributed by atoms with van der Waals surface area (Å²) < 4.78 is 60.9. The molecular formula is C25H21F2N3O4S. The number of esters is 1. The molecule has 0 amide bonds. The first-order valence-corrected chi connectivity index (χ1v) is 12.0. The summed E-state index contributed by atoms with van der Waals surface area (Å²) in [7, 11) is -4.04. The second kappa shape index (κ2) is 10.1. The number of anilines is 1. The molecule has 4 rings (SSSR count). The third kappa shape index (κ3) is 4.92. The van der Waals surface area contributed by atoms with Crippen LogP contribution in [0.25, 0.3) is 11.0 Å². The van der Waals surface area contributed by atoms with Gasteiger partial charge in [0.25, 0.3) is 10.0 Å². The van der Waals surface area contributed by atoms with Gasteiger partial charge in [0.1, 0.15) is 6.61 Å². The zero-order valence-corrected chi connectivity index (χ0v) is 19.2. The third-order valence-corrected chi connectivity index (χ3v) is 6.98. The van der Waals surface area contributed by atoms with E-state index in [-0.39, 0.29) is 28.3 Å². The fraction of sp³-hybridized carbons (Fsp3) is 0.120. The minimum Gasteiger partial charge on any atom is -0.454 e. The zero-order valence-electron chi connectivity index (χ0n) is 18.4. The van der Waals surface area contributed by atoms with Gasteiger partial charge < -0.3 is 4.74 Å². The van der Waals surface area contributed by atoms with E-state index in [4.69, 9.17) is 4.74 Å². The maximum atomic E-state index is 13.6. The zero-order chi connectivity index (χ0) is 25.0. The second-order valence-corrected chi connectivity index (χ2v) is 9.29. The highest BCUT2D eigenvalue weighted by atomic mass is 32.2. The van der Waals surface area contributed by atoms with E-state index < -0.39 is 29.1 Å². The number of hydrogen-bond donors (Lipinski definition) is 0. The molecule has 0 atom stereocenters. The van der Waals surface area contributed by atoms with Crippen molar-refractivity contribution in [2.75, 3.05) is 10.8 Å². The maximum absolute atomic E-state index is 13.6. The SMILES string of the molecule is C=CCN(c1ccccc1)S(=O)(=O)c1cccc(C(=O)OCc2nc3ccccc3n2C(F)F)c1. The van der Waals surface area contributed by atoms with Gasteiger partial charge in [-0.1, -0.05) is 42.5 Å². The number of hydrogen-bond acceptors (Lipinski definition) is 5. The molecule has 7 nitrogen and oxygen atoms in total. The standard InChI is InChI=1S/C25H21F2N3O4S/c1-2-15-29(19-10-4-3-5-11-19)35(32,33)20-12-8-9-18(16-20)24(31)34-17-23-28-21-13-6-7-14-22(21)30(23)25(26)27/h2-14,16,25H,1,15,17H2. The Kier molecular flexibility index (Phi) is 6.92. The van der Waals surface area contributed by atoms with Crippen LogP contribution in [0.1, 0.15) is 22.7 Å². The monoisotopic (exact) mass is 497 g/mol. The summed E-state index contributed by atoms with van der Waals surface area (Å²) in [6.45, 7) is 0.255. The molecule has 0 aliphatic rings. The number of halogens is 2. The predicted octanol–water partition coefficient (Wildman–Crippen LogP) is 5.17. The van der Waals surface area contributed by atoms with Crippen LogP contribution in [0.15, 0.2) is 96.4 Å². The van der Waals surface area contributed by atoms with Crippen LogP contribution < -0.4 is 4.31 Å². The Balaban J connectivity index is 1.58. The minimum atomic E-state index is -4.04. The quantitative estimate of drug-likeness (QED) is 0.235. The van der Waals surface area contributed by atoms with Crippen molar-refractivity contribution in [1.29, 1.82) is 0 Å². The van der Waals surface area contributed by atoms with Crippen molar-refractivity contribution in [3.05, 3.63) is 103 Å². The number of carbonyl (C=O) groups is 1. The van der Waals surface area contributed by atoms with Crippen LogP contribution in [0.2, 0.25) is 0 Å². The second-order valence-electron chi connectivity index (χ2n) is 7.43. The first-order valence-electron chi connectivity index (χ1n) is 10.5. The summed E-state index contributed by atoms with van der Waals surface area (Å²) >= 11 is 0. The molecule has 0 N–H and O–H groups in total. The molecule has 0 unspecified atom stereocenters. The number of imidazole rings is 1. The smallest absolute Gasteiger partial charge is 0.338 e. The molecule has 10 heteroatoms. The first-order chi connectivity index (χ1) is 16.8. The molecule has 180 valence electrons. The molecule has 0 aliphatic carbocycles. The third-order valence-electron chi connectivity index (χ3n) is 5.19. The number of nitrogens with zero attached hydrogens (tertiary/aromatic N) is 3. The fourth-order valence-electron chi connectivity index (χ4n) is 3.59. The van der Waals surface area contributed by atoms with Gasteiger partial charge in [-0.05, 0) is 42.5 Å². The van der Waals surface area contributed by atoms with Crippen molar-refractivity contribution in [1.82, 2.24) is 9.55 Å². The van der Waals surface area contributed by atoms with E-state index >= 15 is 0 Å². The van der Waals surface area contributed by atoms with Crippen molar-refractivity contribution in [3.8, 4) is 0 Å². The van der Waals surface area contributed by atoms with Crippen LogP contribution in [0.3, 0.4) is 0 Å². The van der Waals surface area contributed by atoms with E-state index in [9.17, 15) is 22.0 Å². The Hall–Kier alpha value is -4.05. The summed E-state index contributed by atoms with van der Waals surface area (Å²) in [4.78, 5) is 16.7. The summed E-state index contributed by atoms with van der Waals surface area (Å²) in [6, 6.07) is 20.2. The van der Waals surface area contributed by atoms with Gasteiger partial charge in [-0.3, -0.25) is 8.87 Å². The van der Waals surface area contributed by atoms with Gasteiger partial charge in [-0.15, -0.1) is 6.58 Å². The number of aromatic nitrogens is 2. The molecule has 1 heterocycles. The minimum absolute atomic E-state index is 0.0187. The van der Waals surface area contributed by atoms with Crippen LogP contribution in [-0.2, 0) is 21.4 Å². The Morgan fingerprint density at radius 1 is 1.06 bits per heavy atom. The topological polar surface area (TPSA) is 81.5 Å². The highest BCUT2D eigenvalue weighted by Crippen LogP contribution is 2.26. The summed E-state index contributed by atoms with van der Waals surface area (Å²) in [5.74, 6) is -0.996. The maximum Gasteiger partial charge on any atom is 0.338 e. The average molecular weight is 498 g/mol. The molecule has 1 aromatic heterocycles. The number of benzene rings is 3. The van der Waals surface area contributed by atoms with Gasteiger partial charge in [-0.25, -0.2) is 18.2 Å².